The molecule has 0 fully saturated rings. The van der Waals surface area contributed by atoms with E-state index in [0.717, 1.165) is 12.0 Å². The Morgan fingerprint density at radius 3 is 1.80 bits per heavy atom. The molecule has 0 saturated carbocycles. The van der Waals surface area contributed by atoms with Crippen LogP contribution < -0.4 is 5.73 Å². The van der Waals surface area contributed by atoms with Crippen LogP contribution in [-0.4, -0.2) is 16.5 Å². The molecule has 0 heterocycles. The summed E-state index contributed by atoms with van der Waals surface area (Å²) in [5, 5.41) is 24.1. The zero-order chi connectivity index (χ0) is 19.4. The smallest absolute Gasteiger partial charge is 0.142 e. The molecule has 0 spiro atoms. The first kappa shape index (κ1) is 20.7. The number of hydrogen-bond donors (Lipinski definition) is 4. The standard InChI is InChI=1S/C15H25NO.C6H6N2/c1-7-15(5,6)10-8-11(14(2,3)4)13(17)12(16)9-10;7-5-3-1-2-4-6(5)8/h8-9,17H,7,16H2,1-6H3;1-4,7-8H. The number of nitrogens with two attached hydrogens (primary N) is 1. The van der Waals surface area contributed by atoms with Crippen LogP contribution >= 0.6 is 0 Å². The van der Waals surface area contributed by atoms with Gasteiger partial charge in [-0.15, -0.1) is 0 Å². The number of phenols is 1. The maximum atomic E-state index is 10.1. The fourth-order valence-corrected chi connectivity index (χ4v) is 2.31. The third-order valence-corrected chi connectivity index (χ3v) is 4.54. The normalized spacial score (nSPS) is 14.3. The Labute approximate surface area is 151 Å². The maximum Gasteiger partial charge on any atom is 0.142 e. The van der Waals surface area contributed by atoms with Gasteiger partial charge in [0, 0.05) is 5.56 Å². The number of hydrogen-bond acceptors (Lipinski definition) is 4. The number of phenolic OH excluding ortho intramolecular Hbond substituents is 1. The summed E-state index contributed by atoms with van der Waals surface area (Å²) < 4.78 is 0. The summed E-state index contributed by atoms with van der Waals surface area (Å²) in [5.41, 5.74) is 9.08. The molecule has 25 heavy (non-hydrogen) atoms. The highest BCUT2D eigenvalue weighted by molar-refractivity contribution is 6.48. The first-order valence-corrected chi connectivity index (χ1v) is 8.55. The van der Waals surface area contributed by atoms with Crippen LogP contribution in [0, 0.1) is 10.8 Å². The predicted molar refractivity (Wildman–Crippen MR) is 108 cm³/mol. The van der Waals surface area contributed by atoms with E-state index in [0.29, 0.717) is 5.69 Å². The van der Waals surface area contributed by atoms with Gasteiger partial charge >= 0.3 is 0 Å². The van der Waals surface area contributed by atoms with E-state index in [1.807, 2.05) is 6.07 Å². The van der Waals surface area contributed by atoms with Crippen molar-refractivity contribution in [3.05, 3.63) is 47.6 Å². The molecule has 4 nitrogen and oxygen atoms in total. The zero-order valence-corrected chi connectivity index (χ0v) is 16.2. The summed E-state index contributed by atoms with van der Waals surface area (Å²) in [7, 11) is 0. The molecule has 2 rings (SSSR count). The summed E-state index contributed by atoms with van der Waals surface area (Å²) in [6.45, 7) is 12.8. The van der Waals surface area contributed by atoms with Crippen LogP contribution in [0.2, 0.25) is 0 Å². The summed E-state index contributed by atoms with van der Waals surface area (Å²) >= 11 is 0. The van der Waals surface area contributed by atoms with Crippen molar-refractivity contribution >= 4 is 17.1 Å². The molecule has 1 aromatic carbocycles. The maximum absolute atomic E-state index is 10.1. The number of allylic oxidation sites excluding steroid dienone is 4. The fourth-order valence-electron chi connectivity index (χ4n) is 2.31. The Hall–Kier alpha value is -2.36. The molecular weight excluding hydrogens is 310 g/mol. The van der Waals surface area contributed by atoms with Gasteiger partial charge in [-0.1, -0.05) is 59.8 Å². The molecule has 0 amide bonds. The number of anilines is 1. The van der Waals surface area contributed by atoms with Crippen molar-refractivity contribution in [1.29, 1.82) is 10.8 Å². The number of aromatic hydroxyl groups is 1. The molecule has 1 aromatic rings. The van der Waals surface area contributed by atoms with E-state index in [1.165, 1.54) is 5.56 Å². The molecule has 5 N–H and O–H groups in total. The quantitative estimate of drug-likeness (QED) is 0.342. The van der Waals surface area contributed by atoms with Gasteiger partial charge in [-0.05, 0) is 41.0 Å². The van der Waals surface area contributed by atoms with E-state index in [9.17, 15) is 5.11 Å². The van der Waals surface area contributed by atoms with Crippen LogP contribution in [0.15, 0.2) is 36.4 Å². The molecule has 136 valence electrons. The fraction of sp³-hybridized carbons (Fsp3) is 0.429. The lowest BCUT2D eigenvalue weighted by Crippen LogP contribution is -2.19. The summed E-state index contributed by atoms with van der Waals surface area (Å²) in [6, 6.07) is 3.99. The van der Waals surface area contributed by atoms with Gasteiger partial charge in [0.25, 0.3) is 0 Å². The first-order chi connectivity index (χ1) is 11.4. The number of nitrogens with one attached hydrogen (secondary N) is 2. The minimum atomic E-state index is -0.0992. The monoisotopic (exact) mass is 341 g/mol. The largest absolute Gasteiger partial charge is 0.505 e. The SMILES string of the molecule is CCC(C)(C)c1cc(N)c(O)c(C(C)(C)C)c1.N=C1C=CC=CC1=N. The van der Waals surface area contributed by atoms with Crippen LogP contribution in [0.1, 0.15) is 59.1 Å². The first-order valence-electron chi connectivity index (χ1n) is 8.55. The Morgan fingerprint density at radius 2 is 1.44 bits per heavy atom. The molecule has 0 saturated heterocycles. The number of nitrogen functional groups attached to an aromatic ring is 1. The van der Waals surface area contributed by atoms with Gasteiger partial charge in [0.2, 0.25) is 0 Å². The van der Waals surface area contributed by atoms with Gasteiger partial charge in [-0.25, -0.2) is 0 Å². The van der Waals surface area contributed by atoms with E-state index in [4.69, 9.17) is 16.6 Å². The third-order valence-electron chi connectivity index (χ3n) is 4.54. The molecule has 0 aromatic heterocycles. The van der Waals surface area contributed by atoms with Crippen molar-refractivity contribution < 1.29 is 5.11 Å². The Kier molecular flexibility index (Phi) is 6.36. The Balaban J connectivity index is 0.000000324. The van der Waals surface area contributed by atoms with Crippen molar-refractivity contribution in [3.63, 3.8) is 0 Å². The van der Waals surface area contributed by atoms with E-state index >= 15 is 0 Å². The molecule has 0 radical (unpaired) electrons. The minimum absolute atomic E-state index is 0.0851. The topological polar surface area (TPSA) is 93.9 Å². The van der Waals surface area contributed by atoms with Gasteiger partial charge in [-0.3, -0.25) is 10.8 Å². The minimum Gasteiger partial charge on any atom is -0.505 e. The molecule has 1 aliphatic rings. The lowest BCUT2D eigenvalue weighted by atomic mass is 9.77. The number of rotatable bonds is 2. The Bertz CT molecular complexity index is 697. The van der Waals surface area contributed by atoms with Gasteiger partial charge in [0.1, 0.15) is 5.75 Å². The molecule has 0 atom stereocenters. The lowest BCUT2D eigenvalue weighted by molar-refractivity contribution is 0.445. The second-order valence-electron chi connectivity index (χ2n) is 7.99. The molecule has 4 heteroatoms. The van der Waals surface area contributed by atoms with Crippen LogP contribution in [0.5, 0.6) is 5.75 Å². The lowest BCUT2D eigenvalue weighted by Gasteiger charge is -2.28. The van der Waals surface area contributed by atoms with Gasteiger partial charge in [0.05, 0.1) is 17.1 Å². The van der Waals surface area contributed by atoms with Crippen LogP contribution in [0.4, 0.5) is 5.69 Å². The second kappa shape index (κ2) is 7.68. The average Bonchev–Trinajstić information content (AvgIpc) is 2.52. The number of benzene rings is 1. The van der Waals surface area contributed by atoms with Crippen molar-refractivity contribution in [2.75, 3.05) is 5.73 Å². The summed E-state index contributed by atoms with van der Waals surface area (Å²) in [4.78, 5) is 0. The summed E-state index contributed by atoms with van der Waals surface area (Å²) in [6.07, 6.45) is 7.74. The van der Waals surface area contributed by atoms with E-state index in [2.05, 4.69) is 47.6 Å². The van der Waals surface area contributed by atoms with Gasteiger partial charge in [0.15, 0.2) is 0 Å². The average molecular weight is 341 g/mol. The Morgan fingerprint density at radius 1 is 0.960 bits per heavy atom. The van der Waals surface area contributed by atoms with E-state index < -0.39 is 0 Å². The molecule has 0 aliphatic heterocycles. The second-order valence-corrected chi connectivity index (χ2v) is 7.99. The van der Waals surface area contributed by atoms with Crippen LogP contribution in [0.25, 0.3) is 0 Å². The molecular formula is C21H31N3O. The van der Waals surface area contributed by atoms with Crippen molar-refractivity contribution in [2.24, 2.45) is 0 Å². The zero-order valence-electron chi connectivity index (χ0n) is 16.2. The molecule has 0 unspecified atom stereocenters. The highest BCUT2D eigenvalue weighted by Crippen LogP contribution is 2.39. The van der Waals surface area contributed by atoms with Crippen molar-refractivity contribution in [2.45, 2.75) is 58.8 Å². The van der Waals surface area contributed by atoms with Crippen LogP contribution in [0.3, 0.4) is 0 Å². The summed E-state index contributed by atoms with van der Waals surface area (Å²) in [5.74, 6) is 0.230. The van der Waals surface area contributed by atoms with Gasteiger partial charge in [-0.2, -0.15) is 0 Å². The van der Waals surface area contributed by atoms with Crippen molar-refractivity contribution in [3.8, 4) is 5.75 Å². The van der Waals surface area contributed by atoms with Crippen LogP contribution in [-0.2, 0) is 10.8 Å². The van der Waals surface area contributed by atoms with Crippen molar-refractivity contribution in [1.82, 2.24) is 0 Å². The molecule has 1 aliphatic carbocycles. The predicted octanol–water partition coefficient (Wildman–Crippen LogP) is 5.11. The van der Waals surface area contributed by atoms with E-state index in [-0.39, 0.29) is 28.0 Å². The van der Waals surface area contributed by atoms with E-state index in [1.54, 1.807) is 24.3 Å². The highest BCUT2D eigenvalue weighted by Gasteiger charge is 2.25. The van der Waals surface area contributed by atoms with Gasteiger partial charge < -0.3 is 10.8 Å². The third kappa shape index (κ3) is 5.31. The molecule has 0 bridgehead atoms. The highest BCUT2D eigenvalue weighted by atomic mass is 16.3.